The molecule has 1 saturated heterocycles. The summed E-state index contributed by atoms with van der Waals surface area (Å²) in [5.41, 5.74) is 0.766. The van der Waals surface area contributed by atoms with E-state index in [1.807, 2.05) is 0 Å². The number of hydrogen-bond donors (Lipinski definition) is 2. The van der Waals surface area contributed by atoms with Crippen LogP contribution in [0.15, 0.2) is 29.2 Å². The molecule has 2 rings (SSSR count). The van der Waals surface area contributed by atoms with Crippen LogP contribution in [0.3, 0.4) is 0 Å². The number of thioether (sulfide) groups is 1. The van der Waals surface area contributed by atoms with Gasteiger partial charge in [-0.2, -0.15) is 8.78 Å². The average Bonchev–Trinajstić information content (AvgIpc) is 2.54. The van der Waals surface area contributed by atoms with Crippen LogP contribution in [0.1, 0.15) is 13.8 Å². The fraction of sp³-hybridized carbons (Fsp3) is 0.588. The summed E-state index contributed by atoms with van der Waals surface area (Å²) in [6.07, 6.45) is 0.108. The largest absolute Gasteiger partial charge is 0.374 e. The summed E-state index contributed by atoms with van der Waals surface area (Å²) >= 11 is 5.82. The minimum atomic E-state index is -2.41. The molecule has 1 aliphatic heterocycles. The number of halogens is 2. The van der Waals surface area contributed by atoms with Gasteiger partial charge in [0, 0.05) is 36.8 Å². The molecule has 0 amide bonds. The standard InChI is InChI=1S/C17H25F2N3OS2/c1-12(2)10-22-7-8-23-14(11-22)9-20-17(24)21-13-3-5-15(6-4-13)25-16(18)19/h3-6,12,14,16H,7-11H2,1-2H3,(H2,20,21,24)/t14-/m1/s1. The van der Waals surface area contributed by atoms with Crippen LogP contribution in [0, 0.1) is 5.92 Å². The molecule has 2 N–H and O–H groups in total. The van der Waals surface area contributed by atoms with Crippen molar-refractivity contribution in [1.82, 2.24) is 10.2 Å². The third-order valence-electron chi connectivity index (χ3n) is 3.67. The van der Waals surface area contributed by atoms with Gasteiger partial charge < -0.3 is 15.4 Å². The Morgan fingerprint density at radius 2 is 2.08 bits per heavy atom. The van der Waals surface area contributed by atoms with Gasteiger partial charge in [-0.05, 0) is 42.4 Å². The Morgan fingerprint density at radius 3 is 2.72 bits per heavy atom. The van der Waals surface area contributed by atoms with Crippen molar-refractivity contribution in [1.29, 1.82) is 0 Å². The zero-order chi connectivity index (χ0) is 18.2. The lowest BCUT2D eigenvalue weighted by molar-refractivity contribution is -0.0283. The molecule has 0 bridgehead atoms. The molecule has 0 aliphatic carbocycles. The van der Waals surface area contributed by atoms with E-state index in [4.69, 9.17) is 17.0 Å². The molecule has 0 radical (unpaired) electrons. The first kappa shape index (κ1) is 20.4. The van der Waals surface area contributed by atoms with E-state index in [2.05, 4.69) is 29.4 Å². The molecule has 8 heteroatoms. The monoisotopic (exact) mass is 389 g/mol. The number of ether oxygens (including phenoxy) is 1. The van der Waals surface area contributed by atoms with Crippen molar-refractivity contribution in [2.24, 2.45) is 5.92 Å². The molecule has 0 unspecified atom stereocenters. The number of nitrogens with one attached hydrogen (secondary N) is 2. The molecular weight excluding hydrogens is 364 g/mol. The summed E-state index contributed by atoms with van der Waals surface area (Å²) < 4.78 is 30.4. The third-order valence-corrected chi connectivity index (χ3v) is 4.64. The van der Waals surface area contributed by atoms with Gasteiger partial charge in [-0.25, -0.2) is 0 Å². The molecule has 1 aliphatic rings. The van der Waals surface area contributed by atoms with Gasteiger partial charge in [-0.3, -0.25) is 4.90 Å². The van der Waals surface area contributed by atoms with Crippen LogP contribution in [0.25, 0.3) is 0 Å². The normalized spacial score (nSPS) is 18.6. The lowest BCUT2D eigenvalue weighted by atomic mass is 10.2. The van der Waals surface area contributed by atoms with Gasteiger partial charge in [0.2, 0.25) is 0 Å². The van der Waals surface area contributed by atoms with Crippen molar-refractivity contribution in [2.75, 3.05) is 38.1 Å². The molecule has 25 heavy (non-hydrogen) atoms. The SMILES string of the molecule is CC(C)CN1CCO[C@H](CNC(=S)Nc2ccc(SC(F)F)cc2)C1. The zero-order valence-electron chi connectivity index (χ0n) is 14.5. The lowest BCUT2D eigenvalue weighted by Gasteiger charge is -2.34. The summed E-state index contributed by atoms with van der Waals surface area (Å²) in [5.74, 6) is -1.77. The highest BCUT2D eigenvalue weighted by molar-refractivity contribution is 7.99. The number of rotatable bonds is 7. The van der Waals surface area contributed by atoms with Crippen molar-refractivity contribution in [3.8, 4) is 0 Å². The Kier molecular flexibility index (Phi) is 8.35. The quantitative estimate of drug-likeness (QED) is 0.548. The van der Waals surface area contributed by atoms with E-state index < -0.39 is 5.76 Å². The Bertz CT molecular complexity index is 543. The molecule has 1 aromatic rings. The number of alkyl halides is 2. The van der Waals surface area contributed by atoms with Gasteiger partial charge in [0.1, 0.15) is 0 Å². The van der Waals surface area contributed by atoms with Gasteiger partial charge >= 0.3 is 0 Å². The molecule has 0 spiro atoms. The second-order valence-corrected chi connectivity index (χ2v) is 7.86. The zero-order valence-corrected chi connectivity index (χ0v) is 16.1. The van der Waals surface area contributed by atoms with E-state index >= 15 is 0 Å². The molecular formula is C17H25F2N3OS2. The second kappa shape index (κ2) is 10.3. The van der Waals surface area contributed by atoms with Crippen LogP contribution >= 0.6 is 24.0 Å². The van der Waals surface area contributed by atoms with E-state index in [9.17, 15) is 8.78 Å². The van der Waals surface area contributed by atoms with Crippen molar-refractivity contribution >= 4 is 34.8 Å². The smallest absolute Gasteiger partial charge is 0.288 e. The fourth-order valence-electron chi connectivity index (χ4n) is 2.69. The molecule has 1 fully saturated rings. The summed E-state index contributed by atoms with van der Waals surface area (Å²) in [6.45, 7) is 8.75. The Balaban J connectivity index is 1.73. The Labute approximate surface area is 157 Å². The summed E-state index contributed by atoms with van der Waals surface area (Å²) in [5, 5.41) is 6.72. The van der Waals surface area contributed by atoms with Crippen LogP contribution in [0.5, 0.6) is 0 Å². The minimum absolute atomic E-state index is 0.108. The molecule has 0 aromatic heterocycles. The first-order valence-electron chi connectivity index (χ1n) is 8.36. The van der Waals surface area contributed by atoms with Crippen LogP contribution in [0.2, 0.25) is 0 Å². The highest BCUT2D eigenvalue weighted by Gasteiger charge is 2.20. The molecule has 1 heterocycles. The van der Waals surface area contributed by atoms with Gasteiger partial charge in [-0.1, -0.05) is 25.6 Å². The fourth-order valence-corrected chi connectivity index (χ4v) is 3.39. The Morgan fingerprint density at radius 1 is 1.36 bits per heavy atom. The number of thiocarbonyl (C=S) groups is 1. The number of nitrogens with zero attached hydrogens (tertiary/aromatic N) is 1. The third kappa shape index (κ3) is 7.85. The van der Waals surface area contributed by atoms with E-state index in [-0.39, 0.29) is 6.10 Å². The number of benzene rings is 1. The first-order valence-corrected chi connectivity index (χ1v) is 9.65. The van der Waals surface area contributed by atoms with Crippen LogP contribution in [0.4, 0.5) is 14.5 Å². The molecule has 1 aromatic carbocycles. The van der Waals surface area contributed by atoms with Gasteiger partial charge in [0.25, 0.3) is 5.76 Å². The topological polar surface area (TPSA) is 36.5 Å². The van der Waals surface area contributed by atoms with Crippen molar-refractivity contribution in [3.63, 3.8) is 0 Å². The first-order chi connectivity index (χ1) is 11.9. The molecule has 0 saturated carbocycles. The minimum Gasteiger partial charge on any atom is -0.374 e. The molecule has 4 nitrogen and oxygen atoms in total. The second-order valence-electron chi connectivity index (χ2n) is 6.38. The van der Waals surface area contributed by atoms with Gasteiger partial charge in [-0.15, -0.1) is 0 Å². The van der Waals surface area contributed by atoms with Crippen LogP contribution in [-0.2, 0) is 4.74 Å². The average molecular weight is 390 g/mol. The lowest BCUT2D eigenvalue weighted by Crippen LogP contribution is -2.48. The van der Waals surface area contributed by atoms with E-state index in [0.29, 0.717) is 34.2 Å². The Hall–Kier alpha value is -0.960. The van der Waals surface area contributed by atoms with E-state index in [0.717, 1.165) is 31.9 Å². The van der Waals surface area contributed by atoms with Crippen molar-refractivity contribution < 1.29 is 13.5 Å². The summed E-state index contributed by atoms with van der Waals surface area (Å²) in [4.78, 5) is 2.94. The highest BCUT2D eigenvalue weighted by atomic mass is 32.2. The van der Waals surface area contributed by atoms with Crippen LogP contribution < -0.4 is 10.6 Å². The number of morpholine rings is 1. The highest BCUT2D eigenvalue weighted by Crippen LogP contribution is 2.26. The van der Waals surface area contributed by atoms with Crippen LogP contribution in [-0.4, -0.2) is 54.7 Å². The van der Waals surface area contributed by atoms with Gasteiger partial charge in [0.15, 0.2) is 5.11 Å². The molecule has 1 atom stereocenters. The number of anilines is 1. The number of hydrogen-bond acceptors (Lipinski definition) is 4. The van der Waals surface area contributed by atoms with Crippen molar-refractivity contribution in [3.05, 3.63) is 24.3 Å². The summed E-state index contributed by atoms with van der Waals surface area (Å²) in [6, 6.07) is 6.77. The maximum absolute atomic E-state index is 12.3. The molecule has 140 valence electrons. The van der Waals surface area contributed by atoms with E-state index in [1.54, 1.807) is 24.3 Å². The van der Waals surface area contributed by atoms with Gasteiger partial charge in [0.05, 0.1) is 12.7 Å². The maximum Gasteiger partial charge on any atom is 0.288 e. The van der Waals surface area contributed by atoms with E-state index in [1.165, 1.54) is 0 Å². The summed E-state index contributed by atoms with van der Waals surface area (Å²) in [7, 11) is 0. The van der Waals surface area contributed by atoms with Crippen molar-refractivity contribution in [2.45, 2.75) is 30.6 Å². The maximum atomic E-state index is 12.3. The predicted octanol–water partition coefficient (Wildman–Crippen LogP) is 3.64. The predicted molar refractivity (Wildman–Crippen MR) is 104 cm³/mol.